The van der Waals surface area contributed by atoms with Gasteiger partial charge < -0.3 is 14.9 Å². The number of hydrogen-bond acceptors (Lipinski definition) is 4. The van der Waals surface area contributed by atoms with Gasteiger partial charge in [0.2, 0.25) is 0 Å². The van der Waals surface area contributed by atoms with E-state index >= 15 is 0 Å². The number of hydrogen-bond donors (Lipinski definition) is 1. The second-order valence-corrected chi connectivity index (χ2v) is 5.37. The number of nitrogens with zero attached hydrogens (tertiary/aromatic N) is 1. The lowest BCUT2D eigenvalue weighted by atomic mass is 9.74. The van der Waals surface area contributed by atoms with Crippen molar-refractivity contribution in [1.82, 2.24) is 4.98 Å². The lowest BCUT2D eigenvalue weighted by Gasteiger charge is -2.43. The smallest absolute Gasteiger partial charge is 0.192 e. The average Bonchev–Trinajstić information content (AvgIpc) is 2.62. The fraction of sp³-hybridized carbons (Fsp3) is 0.500. The maximum absolute atomic E-state index is 5.95. The van der Waals surface area contributed by atoms with Gasteiger partial charge in [0, 0.05) is 18.4 Å². The highest BCUT2D eigenvalue weighted by atomic mass is 16.5. The molecule has 0 bridgehead atoms. The molecule has 0 saturated carbocycles. The summed E-state index contributed by atoms with van der Waals surface area (Å²) in [5.41, 5.74) is 9.01. The third-order valence-corrected chi connectivity index (χ3v) is 3.58. The maximum atomic E-state index is 5.95. The molecule has 1 aromatic heterocycles. The number of aryl methyl sites for hydroxylation is 1. The van der Waals surface area contributed by atoms with Crippen LogP contribution in [0.2, 0.25) is 0 Å². The van der Waals surface area contributed by atoms with Gasteiger partial charge >= 0.3 is 0 Å². The minimum atomic E-state index is 0.0586. The van der Waals surface area contributed by atoms with Gasteiger partial charge in [-0.25, -0.2) is 4.98 Å². The molecule has 0 aliphatic carbocycles. The van der Waals surface area contributed by atoms with Crippen LogP contribution in [0.3, 0.4) is 0 Å². The number of oxazole rings is 1. The van der Waals surface area contributed by atoms with Crippen LogP contribution in [0.15, 0.2) is 22.6 Å². The summed E-state index contributed by atoms with van der Waals surface area (Å²) < 4.78 is 11.0. The van der Waals surface area contributed by atoms with Crippen LogP contribution in [0.4, 0.5) is 0 Å². The molecule has 3 rings (SSSR count). The molecule has 1 fully saturated rings. The maximum Gasteiger partial charge on any atom is 0.192 e. The largest absolute Gasteiger partial charge is 0.441 e. The fourth-order valence-electron chi connectivity index (χ4n) is 2.74. The van der Waals surface area contributed by atoms with Crippen molar-refractivity contribution in [1.29, 1.82) is 0 Å². The molecule has 4 nitrogen and oxygen atoms in total. The minimum absolute atomic E-state index is 0.0586. The number of aromatic nitrogens is 1. The van der Waals surface area contributed by atoms with Crippen molar-refractivity contribution in [2.24, 2.45) is 5.73 Å². The van der Waals surface area contributed by atoms with Gasteiger partial charge in [-0.3, -0.25) is 0 Å². The van der Waals surface area contributed by atoms with Crippen LogP contribution >= 0.6 is 0 Å². The van der Waals surface area contributed by atoms with Gasteiger partial charge in [0.15, 0.2) is 11.5 Å². The first-order valence-electron chi connectivity index (χ1n) is 6.30. The van der Waals surface area contributed by atoms with Crippen LogP contribution in [-0.2, 0) is 10.2 Å². The van der Waals surface area contributed by atoms with Crippen molar-refractivity contribution >= 4 is 11.1 Å². The van der Waals surface area contributed by atoms with Crippen LogP contribution in [0.5, 0.6) is 0 Å². The van der Waals surface area contributed by atoms with E-state index in [9.17, 15) is 0 Å². The van der Waals surface area contributed by atoms with Gasteiger partial charge in [0.1, 0.15) is 5.52 Å². The number of benzene rings is 1. The van der Waals surface area contributed by atoms with Gasteiger partial charge in [-0.1, -0.05) is 6.07 Å². The molecule has 2 aromatic rings. The molecule has 1 atom stereocenters. The van der Waals surface area contributed by atoms with Gasteiger partial charge in [0.25, 0.3) is 0 Å². The normalized spacial score (nSPS) is 19.7. The summed E-state index contributed by atoms with van der Waals surface area (Å²) in [5.74, 6) is 0.702. The second-order valence-electron chi connectivity index (χ2n) is 5.37. The summed E-state index contributed by atoms with van der Waals surface area (Å²) in [7, 11) is 0. The molecule has 2 heterocycles. The second kappa shape index (κ2) is 4.07. The molecule has 2 N–H and O–H groups in total. The zero-order valence-corrected chi connectivity index (χ0v) is 10.8. The van der Waals surface area contributed by atoms with E-state index in [1.807, 2.05) is 19.9 Å². The van der Waals surface area contributed by atoms with E-state index < -0.39 is 0 Å². The molecule has 18 heavy (non-hydrogen) atoms. The molecule has 0 amide bonds. The molecule has 96 valence electrons. The van der Waals surface area contributed by atoms with Crippen molar-refractivity contribution in [3.8, 4) is 0 Å². The third kappa shape index (κ3) is 1.82. The SMILES string of the molecule is Cc1nc2ccc(C3(CC(C)N)COC3)cc2o1. The van der Waals surface area contributed by atoms with Crippen molar-refractivity contribution in [2.45, 2.75) is 31.7 Å². The van der Waals surface area contributed by atoms with Gasteiger partial charge in [-0.15, -0.1) is 0 Å². The van der Waals surface area contributed by atoms with E-state index in [-0.39, 0.29) is 11.5 Å². The molecular weight excluding hydrogens is 228 g/mol. The summed E-state index contributed by atoms with van der Waals surface area (Å²) in [4.78, 5) is 4.32. The van der Waals surface area contributed by atoms with Gasteiger partial charge in [-0.2, -0.15) is 0 Å². The van der Waals surface area contributed by atoms with E-state index in [0.717, 1.165) is 30.7 Å². The first-order valence-corrected chi connectivity index (χ1v) is 6.30. The topological polar surface area (TPSA) is 61.3 Å². The van der Waals surface area contributed by atoms with E-state index in [0.29, 0.717) is 5.89 Å². The molecule has 4 heteroatoms. The minimum Gasteiger partial charge on any atom is -0.441 e. The Hall–Kier alpha value is -1.39. The Morgan fingerprint density at radius 2 is 2.22 bits per heavy atom. The summed E-state index contributed by atoms with van der Waals surface area (Å²) in [6, 6.07) is 6.39. The number of nitrogens with two attached hydrogens (primary N) is 1. The predicted molar refractivity (Wildman–Crippen MR) is 69.5 cm³/mol. The molecule has 1 unspecified atom stereocenters. The molecule has 1 aliphatic rings. The van der Waals surface area contributed by atoms with Gasteiger partial charge in [0.05, 0.1) is 13.2 Å². The standard InChI is InChI=1S/C14H18N2O2/c1-9(15)6-14(7-17-8-14)11-3-4-12-13(5-11)18-10(2)16-12/h3-5,9H,6-8,15H2,1-2H3. The monoisotopic (exact) mass is 246 g/mol. The number of rotatable bonds is 3. The van der Waals surface area contributed by atoms with Crippen molar-refractivity contribution in [2.75, 3.05) is 13.2 Å². The fourth-order valence-corrected chi connectivity index (χ4v) is 2.74. The zero-order chi connectivity index (χ0) is 12.8. The Kier molecular flexibility index (Phi) is 2.64. The Morgan fingerprint density at radius 1 is 1.44 bits per heavy atom. The highest BCUT2D eigenvalue weighted by molar-refractivity contribution is 5.73. The van der Waals surface area contributed by atoms with Crippen molar-refractivity contribution in [3.63, 3.8) is 0 Å². The third-order valence-electron chi connectivity index (χ3n) is 3.58. The highest BCUT2D eigenvalue weighted by Crippen LogP contribution is 2.37. The molecule has 0 spiro atoms. The van der Waals surface area contributed by atoms with E-state index in [1.54, 1.807) is 0 Å². The first-order chi connectivity index (χ1) is 8.59. The van der Waals surface area contributed by atoms with Crippen molar-refractivity contribution < 1.29 is 9.15 Å². The Bertz CT molecular complexity index is 570. The molecule has 1 aromatic carbocycles. The van der Waals surface area contributed by atoms with E-state index in [2.05, 4.69) is 17.1 Å². The van der Waals surface area contributed by atoms with Gasteiger partial charge in [-0.05, 0) is 31.0 Å². The summed E-state index contributed by atoms with van der Waals surface area (Å²) in [5, 5.41) is 0. The number of fused-ring (bicyclic) bond motifs is 1. The van der Waals surface area contributed by atoms with E-state index in [1.165, 1.54) is 5.56 Å². The Labute approximate surface area is 106 Å². The van der Waals surface area contributed by atoms with Crippen LogP contribution < -0.4 is 5.73 Å². The van der Waals surface area contributed by atoms with Crippen molar-refractivity contribution in [3.05, 3.63) is 29.7 Å². The molecule has 1 saturated heterocycles. The Balaban J connectivity index is 2.01. The molecule has 0 radical (unpaired) electrons. The zero-order valence-electron chi connectivity index (χ0n) is 10.8. The summed E-state index contributed by atoms with van der Waals surface area (Å²) in [6.07, 6.45) is 0.936. The quantitative estimate of drug-likeness (QED) is 0.901. The number of ether oxygens (including phenoxy) is 1. The van der Waals surface area contributed by atoms with Crippen LogP contribution in [0.1, 0.15) is 24.8 Å². The average molecular weight is 246 g/mol. The lowest BCUT2D eigenvalue weighted by Crippen LogP contribution is -2.49. The summed E-state index contributed by atoms with van der Waals surface area (Å²) in [6.45, 7) is 5.39. The lowest BCUT2D eigenvalue weighted by molar-refractivity contribution is -0.0665. The van der Waals surface area contributed by atoms with Crippen LogP contribution in [0.25, 0.3) is 11.1 Å². The van der Waals surface area contributed by atoms with Crippen LogP contribution in [-0.4, -0.2) is 24.2 Å². The molecule has 1 aliphatic heterocycles. The summed E-state index contributed by atoms with van der Waals surface area (Å²) >= 11 is 0. The van der Waals surface area contributed by atoms with Crippen LogP contribution in [0, 0.1) is 6.92 Å². The highest BCUT2D eigenvalue weighted by Gasteiger charge is 2.41. The Morgan fingerprint density at radius 3 is 2.83 bits per heavy atom. The predicted octanol–water partition coefficient (Wildman–Crippen LogP) is 2.14. The van der Waals surface area contributed by atoms with E-state index in [4.69, 9.17) is 14.9 Å². The first kappa shape index (κ1) is 11.7. The molecular formula is C14H18N2O2.